The van der Waals surface area contributed by atoms with Crippen LogP contribution in [0.25, 0.3) is 0 Å². The number of nitrogens with zero attached hydrogens (tertiary/aromatic N) is 4. The smallest absolute Gasteiger partial charge is 0.270 e. The fourth-order valence-electron chi connectivity index (χ4n) is 3.30. The van der Waals surface area contributed by atoms with Gasteiger partial charge in [0, 0.05) is 25.7 Å². The summed E-state index contributed by atoms with van der Waals surface area (Å²) in [5.41, 5.74) is 0.0971. The number of hydrogen-bond donors (Lipinski definition) is 1. The minimum Gasteiger partial charge on any atom is -0.370 e. The van der Waals surface area contributed by atoms with E-state index >= 15 is 0 Å². The molecule has 29 heavy (non-hydrogen) atoms. The first-order chi connectivity index (χ1) is 13.6. The van der Waals surface area contributed by atoms with E-state index in [-0.39, 0.29) is 5.69 Å². The van der Waals surface area contributed by atoms with Crippen molar-refractivity contribution in [1.29, 1.82) is 0 Å². The van der Waals surface area contributed by atoms with Crippen LogP contribution >= 0.6 is 11.6 Å². The Morgan fingerprint density at radius 3 is 2.55 bits per heavy atom. The lowest BCUT2D eigenvalue weighted by atomic mass is 10.1. The molecule has 1 aliphatic heterocycles. The van der Waals surface area contributed by atoms with Crippen molar-refractivity contribution in [1.82, 2.24) is 14.9 Å². The van der Waals surface area contributed by atoms with E-state index in [0.717, 1.165) is 19.0 Å². The van der Waals surface area contributed by atoms with Gasteiger partial charge in [0.05, 0.1) is 18.1 Å². The van der Waals surface area contributed by atoms with Crippen LogP contribution in [0.1, 0.15) is 6.42 Å². The lowest BCUT2D eigenvalue weighted by Crippen LogP contribution is -2.26. The van der Waals surface area contributed by atoms with Gasteiger partial charge >= 0.3 is 0 Å². The molecule has 0 amide bonds. The first kappa shape index (κ1) is 21.6. The van der Waals surface area contributed by atoms with Crippen molar-refractivity contribution in [3.05, 3.63) is 40.9 Å². The highest BCUT2D eigenvalue weighted by Gasteiger charge is 2.32. The number of anilines is 2. The summed E-state index contributed by atoms with van der Waals surface area (Å²) in [7, 11) is -0.860. The first-order valence-corrected chi connectivity index (χ1v) is 10.5. The molecule has 2 heterocycles. The minimum atomic E-state index is -4.73. The molecule has 1 fully saturated rings. The molecule has 0 saturated carbocycles. The number of sulfonamides is 1. The molecule has 1 saturated heterocycles. The molecule has 0 spiro atoms. The van der Waals surface area contributed by atoms with E-state index in [9.17, 15) is 21.6 Å². The van der Waals surface area contributed by atoms with Gasteiger partial charge in [-0.25, -0.2) is 36.3 Å². The number of nitrogens with one attached hydrogen (secondary N) is 1. The van der Waals surface area contributed by atoms with E-state index < -0.39 is 43.3 Å². The van der Waals surface area contributed by atoms with Crippen molar-refractivity contribution in [3.63, 3.8) is 0 Å². The Bertz CT molecular complexity index is 1010. The number of rotatable bonds is 6. The number of hydrogen-bond acceptors (Lipinski definition) is 6. The highest BCUT2D eigenvalue weighted by atomic mass is 35.5. The molecule has 158 valence electrons. The normalized spacial score (nSPS) is 17.2. The molecule has 3 rings (SSSR count). The Hall–Kier alpha value is -2.11. The molecule has 1 aromatic carbocycles. The zero-order chi connectivity index (χ0) is 21.3. The van der Waals surface area contributed by atoms with Crippen LogP contribution in [-0.2, 0) is 10.0 Å². The number of halogens is 4. The van der Waals surface area contributed by atoms with Crippen LogP contribution in [0.5, 0.6) is 0 Å². The molecule has 2 aromatic rings. The third kappa shape index (κ3) is 4.73. The van der Waals surface area contributed by atoms with Crippen LogP contribution < -0.4 is 9.62 Å². The Morgan fingerprint density at radius 1 is 1.28 bits per heavy atom. The van der Waals surface area contributed by atoms with E-state index in [2.05, 4.69) is 9.97 Å². The van der Waals surface area contributed by atoms with Gasteiger partial charge in [-0.15, -0.1) is 0 Å². The van der Waals surface area contributed by atoms with Crippen LogP contribution in [0.15, 0.2) is 23.4 Å². The lowest BCUT2D eigenvalue weighted by molar-refractivity contribution is 0.340. The van der Waals surface area contributed by atoms with Crippen molar-refractivity contribution >= 4 is 33.3 Å². The Kier molecular flexibility index (Phi) is 6.20. The third-order valence-corrected chi connectivity index (χ3v) is 6.18. The number of aromatic nitrogens is 2. The van der Waals surface area contributed by atoms with Gasteiger partial charge in [-0.1, -0.05) is 11.6 Å². The Labute approximate surface area is 171 Å². The van der Waals surface area contributed by atoms with Crippen molar-refractivity contribution in [3.8, 4) is 0 Å². The molecule has 1 atom stereocenters. The lowest BCUT2D eigenvalue weighted by Gasteiger charge is -2.22. The summed E-state index contributed by atoms with van der Waals surface area (Å²) in [5.74, 6) is -3.74. The number of benzene rings is 1. The van der Waals surface area contributed by atoms with Crippen molar-refractivity contribution < 1.29 is 21.6 Å². The van der Waals surface area contributed by atoms with Gasteiger partial charge in [-0.05, 0) is 26.4 Å². The zero-order valence-electron chi connectivity index (χ0n) is 15.7. The van der Waals surface area contributed by atoms with Crippen LogP contribution in [0, 0.1) is 23.4 Å². The van der Waals surface area contributed by atoms with Crippen LogP contribution in [-0.4, -0.2) is 57.0 Å². The van der Waals surface area contributed by atoms with Crippen molar-refractivity contribution in [2.45, 2.75) is 11.3 Å². The van der Waals surface area contributed by atoms with Gasteiger partial charge < -0.3 is 9.80 Å². The summed E-state index contributed by atoms with van der Waals surface area (Å²) >= 11 is 6.07. The van der Waals surface area contributed by atoms with E-state index in [4.69, 9.17) is 11.6 Å². The Balaban J connectivity index is 1.90. The maximum atomic E-state index is 14.8. The second-order valence-corrected chi connectivity index (χ2v) is 9.03. The second-order valence-electron chi connectivity index (χ2n) is 7.03. The molecule has 12 heteroatoms. The van der Waals surface area contributed by atoms with Gasteiger partial charge in [0.1, 0.15) is 10.8 Å². The van der Waals surface area contributed by atoms with Gasteiger partial charge in [-0.2, -0.15) is 0 Å². The van der Waals surface area contributed by atoms with Crippen LogP contribution in [0.4, 0.5) is 24.8 Å². The fourth-order valence-corrected chi connectivity index (χ4v) is 4.72. The summed E-state index contributed by atoms with van der Waals surface area (Å²) in [4.78, 5) is 9.34. The summed E-state index contributed by atoms with van der Waals surface area (Å²) in [6.45, 7) is 1.91. The average Bonchev–Trinajstić information content (AvgIpc) is 3.07. The summed E-state index contributed by atoms with van der Waals surface area (Å²) in [5, 5.41) is -0.489. The highest BCUT2D eigenvalue weighted by molar-refractivity contribution is 7.92. The summed E-state index contributed by atoms with van der Waals surface area (Å²) in [6, 6.07) is 0.906. The van der Waals surface area contributed by atoms with Crippen molar-refractivity contribution in [2.24, 2.45) is 5.92 Å². The van der Waals surface area contributed by atoms with E-state index in [1.807, 2.05) is 23.7 Å². The molecule has 1 unspecified atom stereocenters. The van der Waals surface area contributed by atoms with Crippen molar-refractivity contribution in [2.75, 3.05) is 43.4 Å². The van der Waals surface area contributed by atoms with E-state index in [0.29, 0.717) is 31.4 Å². The maximum Gasteiger partial charge on any atom is 0.270 e. The molecular formula is C17H19ClF3N5O2S. The van der Waals surface area contributed by atoms with Crippen LogP contribution in [0.3, 0.4) is 0 Å². The molecule has 1 aromatic heterocycles. The van der Waals surface area contributed by atoms with Gasteiger partial charge in [-0.3, -0.25) is 0 Å². The fraction of sp³-hybridized carbons (Fsp3) is 0.412. The molecular weight excluding hydrogens is 431 g/mol. The quantitative estimate of drug-likeness (QED) is 0.683. The Morgan fingerprint density at radius 2 is 1.93 bits per heavy atom. The standard InChI is InChI=1S/C17H19ClF3N5O2S/c1-25(2)8-10-3-4-26(9-10)13-5-12(20)16(15(21)14(13)18)29(27,28)24-17-22-6-11(19)7-23-17/h5-7,10H,3-4,8-9H2,1-2H3,(H,22,23,24). The minimum absolute atomic E-state index is 0.0971. The van der Waals surface area contributed by atoms with E-state index in [1.54, 1.807) is 4.90 Å². The second kappa shape index (κ2) is 8.33. The average molecular weight is 450 g/mol. The van der Waals surface area contributed by atoms with E-state index in [1.165, 1.54) is 0 Å². The monoisotopic (exact) mass is 449 g/mol. The summed E-state index contributed by atoms with van der Waals surface area (Å²) in [6.07, 6.45) is 2.25. The topological polar surface area (TPSA) is 78.4 Å². The maximum absolute atomic E-state index is 14.8. The molecule has 7 nitrogen and oxygen atoms in total. The predicted molar refractivity (Wildman–Crippen MR) is 103 cm³/mol. The summed E-state index contributed by atoms with van der Waals surface area (Å²) < 4.78 is 69.0. The molecule has 0 bridgehead atoms. The van der Waals surface area contributed by atoms with Gasteiger partial charge in [0.2, 0.25) is 5.95 Å². The molecule has 0 radical (unpaired) electrons. The zero-order valence-corrected chi connectivity index (χ0v) is 17.2. The molecule has 0 aliphatic carbocycles. The first-order valence-electron chi connectivity index (χ1n) is 8.66. The van der Waals surface area contributed by atoms with Gasteiger partial charge in [0.15, 0.2) is 16.5 Å². The predicted octanol–water partition coefficient (Wildman–Crippen LogP) is 2.74. The largest absolute Gasteiger partial charge is 0.370 e. The van der Waals surface area contributed by atoms with Gasteiger partial charge in [0.25, 0.3) is 10.0 Å². The highest BCUT2D eigenvalue weighted by Crippen LogP contribution is 2.37. The van der Waals surface area contributed by atoms with Crippen LogP contribution in [0.2, 0.25) is 5.02 Å². The third-order valence-electron chi connectivity index (χ3n) is 4.46. The molecule has 1 aliphatic rings. The SMILES string of the molecule is CN(C)CC1CCN(c2cc(F)c(S(=O)(=O)Nc3ncc(F)cn3)c(F)c2Cl)C1. The molecule has 1 N–H and O–H groups in total.